The summed E-state index contributed by atoms with van der Waals surface area (Å²) < 4.78 is 463. The van der Waals surface area contributed by atoms with E-state index in [4.69, 9.17) is 46.6 Å². The first-order chi connectivity index (χ1) is 64.3. The highest BCUT2D eigenvalue weighted by Crippen LogP contribution is 2.50. The number of thiophene rings is 2. The molecule has 2 aromatic heterocycles. The highest BCUT2D eigenvalue weighted by Gasteiger charge is 2.22. The van der Waals surface area contributed by atoms with E-state index in [0.717, 1.165) is 0 Å². The number of hydrogen-bond donors (Lipinski definition) is 0. The molecular formula is C84H52S2. The van der Waals surface area contributed by atoms with Crippen LogP contribution < -0.4 is 0 Å². The standard InChI is InChI=1S/2C42H26S/c1-2-13-30-27(11-1)12-9-19-31(30)28-23-25-29(26-24-28)40-33-15-3-5-17-35(33)41(36-18-6-4-16-34(36)40)38-21-10-20-37-32-14-7-8-22-39(32)43-42(37)38;1-2-11-30-26-31(25-22-27(30)10-1)28-20-23-29(24-21-28)40-33-13-3-5-15-35(33)41(36-16-6-4-14-34(36)40)38-18-9-17-37-32-12-7-8-19-39(32)43-42(37)38/h2*1-26H/i2*1D,2D,3D,4D,5D,6D,7D,8D,9D,10D,11D,12D,13D,14D,15D,16D,17D,18D,19D,20D,21D,22D,23D,24D,25D,26D. The molecular weight excluding hydrogens is 1070 g/mol. The monoisotopic (exact) mass is 1180 g/mol. The summed E-state index contributed by atoms with van der Waals surface area (Å²) >= 11 is 1.27. The molecule has 18 rings (SSSR count). The van der Waals surface area contributed by atoms with E-state index in [9.17, 15) is 24.7 Å². The van der Waals surface area contributed by atoms with Crippen molar-refractivity contribution in [3.05, 3.63) is 314 Å². The third-order valence-electron chi connectivity index (χ3n) is 13.9. The highest BCUT2D eigenvalue weighted by molar-refractivity contribution is 7.26. The van der Waals surface area contributed by atoms with Crippen molar-refractivity contribution in [2.75, 3.05) is 0 Å². The van der Waals surface area contributed by atoms with Crippen molar-refractivity contribution < 1.29 is 71.3 Å². The van der Waals surface area contributed by atoms with Crippen molar-refractivity contribution in [3.63, 3.8) is 0 Å². The topological polar surface area (TPSA) is 0 Å². The van der Waals surface area contributed by atoms with Crippen LogP contribution in [0.4, 0.5) is 0 Å². The molecule has 0 spiro atoms. The second-order valence-electron chi connectivity index (χ2n) is 18.5. The zero-order chi connectivity index (χ0) is 102. The van der Waals surface area contributed by atoms with Gasteiger partial charge in [0.1, 0.15) is 0 Å². The fraction of sp³-hybridized carbons (Fsp3) is 0. The lowest BCUT2D eigenvalue weighted by atomic mass is 9.85. The number of rotatable bonds is 6. The maximum Gasteiger partial charge on any atom is 0.0638 e. The zero-order valence-corrected chi connectivity index (χ0v) is 44.4. The van der Waals surface area contributed by atoms with Crippen LogP contribution in [-0.2, 0) is 0 Å². The number of hydrogen-bond acceptors (Lipinski definition) is 2. The maximum atomic E-state index is 9.53. The predicted molar refractivity (Wildman–Crippen MR) is 376 cm³/mol. The van der Waals surface area contributed by atoms with E-state index in [1.807, 2.05) is 0 Å². The smallest absolute Gasteiger partial charge is 0.0638 e. The first-order valence-corrected chi connectivity index (χ1v) is 26.9. The van der Waals surface area contributed by atoms with Crippen LogP contribution in [0.2, 0.25) is 0 Å². The summed E-state index contributed by atoms with van der Waals surface area (Å²) in [5.74, 6) is 0. The normalized spacial score (nSPS) is 20.2. The van der Waals surface area contributed by atoms with Gasteiger partial charge >= 0.3 is 0 Å². The summed E-state index contributed by atoms with van der Waals surface area (Å²) in [5.41, 5.74) is -8.06. The molecule has 0 amide bonds. The molecule has 0 N–H and O–H groups in total. The SMILES string of the molecule is [2H]c1c([2H])c(-c2c3c([2H])c([2H])c([2H])c([2H])c3c(-c3c([2H])c([2H])c([2H])c4c3sc3c([2H])c([2H])c([2H])c([2H])c34)c3c([2H])c([2H])c([2H])c([2H])c23)c([2H])c([2H])c1-c1c([2H])c([2H])c([2H])c2c([2H])c([2H])c([2H])c([2H])c12.[2H]c1c([2H])c(-c2c3c([2H])c([2H])c([2H])c([2H])c3c(-c3c([2H])c([2H])c([2H])c4c3sc3c([2H])c([2H])c([2H])c([2H])c34)c3c([2H])c([2H])c([2H])c([2H])c23)c([2H])c([2H])c1-c1c([2H])c([2H])c2c([2H])c([2H])c([2H])c([2H])c2c1[2H]. The summed E-state index contributed by atoms with van der Waals surface area (Å²) in [6.07, 6.45) is 0. The minimum absolute atomic E-state index is 0.135. The summed E-state index contributed by atoms with van der Waals surface area (Å²) in [6.45, 7) is 0. The van der Waals surface area contributed by atoms with Crippen molar-refractivity contribution in [2.45, 2.75) is 0 Å². The second-order valence-corrected chi connectivity index (χ2v) is 20.6. The Labute approximate surface area is 579 Å². The van der Waals surface area contributed by atoms with Crippen LogP contribution in [0.15, 0.2) is 314 Å². The summed E-state index contributed by atoms with van der Waals surface area (Å²) in [5, 5.41) is -8.41. The minimum atomic E-state index is -1.06. The van der Waals surface area contributed by atoms with E-state index >= 15 is 0 Å². The third kappa shape index (κ3) is 8.25. The van der Waals surface area contributed by atoms with Crippen molar-refractivity contribution in [1.82, 2.24) is 0 Å². The van der Waals surface area contributed by atoms with Gasteiger partial charge in [-0.2, -0.15) is 0 Å². The largest absolute Gasteiger partial charge is 0.135 e. The molecule has 0 nitrogen and oxygen atoms in total. The molecule has 0 aliphatic heterocycles. The van der Waals surface area contributed by atoms with Gasteiger partial charge < -0.3 is 0 Å². The van der Waals surface area contributed by atoms with Crippen molar-refractivity contribution >= 4 is 128 Å². The van der Waals surface area contributed by atoms with Gasteiger partial charge in [-0.15, -0.1) is 22.7 Å². The molecule has 0 unspecified atom stereocenters. The molecule has 2 heteroatoms. The first-order valence-electron chi connectivity index (χ1n) is 51.3. The molecule has 400 valence electrons. The van der Waals surface area contributed by atoms with Crippen molar-refractivity contribution in [3.8, 4) is 66.8 Å². The van der Waals surface area contributed by atoms with Crippen LogP contribution in [-0.4, -0.2) is 0 Å². The lowest BCUT2D eigenvalue weighted by molar-refractivity contribution is 1.63. The van der Waals surface area contributed by atoms with Crippen LogP contribution in [0, 0.1) is 0 Å². The van der Waals surface area contributed by atoms with E-state index in [-0.39, 0.29) is 40.3 Å². The molecule has 0 fully saturated rings. The average molecular weight is 1180 g/mol. The van der Waals surface area contributed by atoms with Gasteiger partial charge in [-0.3, -0.25) is 0 Å². The zero-order valence-electron chi connectivity index (χ0n) is 94.8. The molecule has 0 aliphatic rings. The molecule has 16 aromatic carbocycles. The van der Waals surface area contributed by atoms with Crippen molar-refractivity contribution in [2.24, 2.45) is 0 Å². The van der Waals surface area contributed by atoms with E-state index in [2.05, 4.69) is 0 Å². The predicted octanol–water partition coefficient (Wildman–Crippen LogP) is 25.0. The number of fused-ring (bicyclic) bond motifs is 12. The summed E-state index contributed by atoms with van der Waals surface area (Å²) in [7, 11) is 0. The van der Waals surface area contributed by atoms with Gasteiger partial charge in [0.15, 0.2) is 0 Å². The lowest BCUT2D eigenvalue weighted by Gasteiger charge is -2.18. The van der Waals surface area contributed by atoms with E-state index in [1.165, 1.54) is 0 Å². The van der Waals surface area contributed by atoms with E-state index in [1.54, 1.807) is 0 Å². The summed E-state index contributed by atoms with van der Waals surface area (Å²) in [6, 6.07) is -44.6. The Morgan fingerprint density at radius 1 is 0.186 bits per heavy atom. The molecule has 86 heavy (non-hydrogen) atoms. The van der Waals surface area contributed by atoms with Gasteiger partial charge in [-0.05, 0) is 138 Å². The Morgan fingerprint density at radius 2 is 0.500 bits per heavy atom. The average Bonchev–Trinajstić information content (AvgIpc) is 1.04. The van der Waals surface area contributed by atoms with Gasteiger partial charge in [0.05, 0.1) is 71.3 Å². The number of benzene rings is 16. The molecule has 0 atom stereocenters. The Kier molecular flexibility index (Phi) is 4.90. The molecule has 0 bridgehead atoms. The summed E-state index contributed by atoms with van der Waals surface area (Å²) in [4.78, 5) is 0. The maximum absolute atomic E-state index is 9.53. The fourth-order valence-electron chi connectivity index (χ4n) is 10.3. The molecule has 0 radical (unpaired) electrons. The lowest BCUT2D eigenvalue weighted by Crippen LogP contribution is -1.91. The molecule has 0 aliphatic carbocycles. The first kappa shape index (κ1) is 20.4. The minimum Gasteiger partial charge on any atom is -0.135 e. The van der Waals surface area contributed by atoms with Gasteiger partial charge in [-0.25, -0.2) is 0 Å². The Morgan fingerprint density at radius 3 is 0.977 bits per heavy atom. The van der Waals surface area contributed by atoms with Crippen LogP contribution in [0.3, 0.4) is 0 Å². The molecule has 0 saturated carbocycles. The van der Waals surface area contributed by atoms with Crippen LogP contribution >= 0.6 is 22.7 Å². The Hall–Kier alpha value is -10.5. The van der Waals surface area contributed by atoms with Gasteiger partial charge in [0.2, 0.25) is 0 Å². The van der Waals surface area contributed by atoms with Gasteiger partial charge in [0, 0.05) is 51.5 Å². The molecule has 18 aromatic rings. The Bertz CT molecular complexity index is 8710. The van der Waals surface area contributed by atoms with Gasteiger partial charge in [0.25, 0.3) is 0 Å². The molecule has 2 heterocycles. The van der Waals surface area contributed by atoms with E-state index < -0.39 is 446 Å². The third-order valence-corrected chi connectivity index (χ3v) is 16.2. The second kappa shape index (κ2) is 20.7. The van der Waals surface area contributed by atoms with Crippen LogP contribution in [0.5, 0.6) is 0 Å². The molecule has 0 saturated heterocycles. The van der Waals surface area contributed by atoms with Gasteiger partial charge in [-0.1, -0.05) is 296 Å². The van der Waals surface area contributed by atoms with Crippen molar-refractivity contribution in [1.29, 1.82) is 0 Å². The van der Waals surface area contributed by atoms with Crippen LogP contribution in [0.25, 0.3) is 172 Å². The highest BCUT2D eigenvalue weighted by atomic mass is 32.1. The van der Waals surface area contributed by atoms with Crippen LogP contribution in [0.1, 0.15) is 71.3 Å². The quantitative estimate of drug-likeness (QED) is 0.146. The van der Waals surface area contributed by atoms with E-state index in [0.29, 0.717) is 22.7 Å². The fourth-order valence-corrected chi connectivity index (χ4v) is 12.4. The Balaban J connectivity index is 0.000000191.